The summed E-state index contributed by atoms with van der Waals surface area (Å²) in [5.74, 6) is -0.826. The average Bonchev–Trinajstić information content (AvgIpc) is 2.07. The molecule has 4 heteroatoms. The summed E-state index contributed by atoms with van der Waals surface area (Å²) in [6.07, 6.45) is -0.0756. The fourth-order valence-corrected chi connectivity index (χ4v) is 1.31. The molecule has 0 spiro atoms. The Morgan fingerprint density at radius 1 is 1.29 bits per heavy atom. The summed E-state index contributed by atoms with van der Waals surface area (Å²) >= 11 is 5.84. The van der Waals surface area contributed by atoms with Gasteiger partial charge in [0, 0.05) is 11.4 Å². The van der Waals surface area contributed by atoms with Crippen molar-refractivity contribution in [1.82, 2.24) is 0 Å². The second-order valence-electron chi connectivity index (χ2n) is 2.95. The van der Waals surface area contributed by atoms with Gasteiger partial charge in [0.1, 0.15) is 5.78 Å². The normalized spacial score (nSPS) is 9.79. The van der Waals surface area contributed by atoms with Gasteiger partial charge in [-0.05, 0) is 11.6 Å². The highest BCUT2D eigenvalue weighted by Gasteiger charge is 2.08. The van der Waals surface area contributed by atoms with Crippen molar-refractivity contribution >= 4 is 23.3 Å². The summed E-state index contributed by atoms with van der Waals surface area (Å²) in [5.41, 5.74) is 5.61. The first-order valence-electron chi connectivity index (χ1n) is 4.13. The molecule has 1 rings (SSSR count). The fraction of sp³-hybridized carbons (Fsp3) is 0.200. The van der Waals surface area contributed by atoms with Gasteiger partial charge in [-0.1, -0.05) is 29.8 Å². The minimum absolute atomic E-state index is 0.155. The molecule has 1 aromatic carbocycles. The smallest absolute Gasteiger partial charge is 0.224 e. The van der Waals surface area contributed by atoms with E-state index in [0.29, 0.717) is 5.02 Å². The van der Waals surface area contributed by atoms with Gasteiger partial charge in [0.05, 0.1) is 6.42 Å². The first-order chi connectivity index (χ1) is 6.59. The van der Waals surface area contributed by atoms with Crippen molar-refractivity contribution in [3.8, 4) is 0 Å². The summed E-state index contributed by atoms with van der Waals surface area (Å²) in [5, 5.41) is 0.533. The Kier molecular flexibility index (Phi) is 3.65. The molecule has 0 saturated carbocycles. The minimum atomic E-state index is -0.609. The molecule has 0 bridgehead atoms. The Labute approximate surface area is 86.9 Å². The summed E-state index contributed by atoms with van der Waals surface area (Å²) in [4.78, 5) is 21.7. The zero-order valence-electron chi connectivity index (χ0n) is 7.50. The number of carbonyl (C=O) groups excluding carboxylic acids is 2. The molecule has 0 unspecified atom stereocenters. The second-order valence-corrected chi connectivity index (χ2v) is 3.36. The van der Waals surface area contributed by atoms with E-state index in [2.05, 4.69) is 0 Å². The standard InChI is InChI=1S/C10H10ClNO2/c11-9-4-2-1-3-7(9)5-8(13)6-10(12)14/h1-4H,5-6H2,(H2,12,14). The molecule has 0 heterocycles. The van der Waals surface area contributed by atoms with Crippen molar-refractivity contribution < 1.29 is 9.59 Å². The maximum atomic E-state index is 11.2. The van der Waals surface area contributed by atoms with E-state index in [4.69, 9.17) is 17.3 Å². The number of benzene rings is 1. The molecule has 3 nitrogen and oxygen atoms in total. The number of primary amides is 1. The fourth-order valence-electron chi connectivity index (χ4n) is 1.11. The SMILES string of the molecule is NC(=O)CC(=O)Cc1ccccc1Cl. The summed E-state index contributed by atoms with van der Waals surface area (Å²) in [6, 6.07) is 7.03. The predicted octanol–water partition coefficient (Wildman–Crippen LogP) is 1.33. The lowest BCUT2D eigenvalue weighted by molar-refractivity contribution is -0.126. The monoisotopic (exact) mass is 211 g/mol. The molecule has 0 aliphatic carbocycles. The lowest BCUT2D eigenvalue weighted by atomic mass is 10.1. The van der Waals surface area contributed by atoms with Gasteiger partial charge in [-0.2, -0.15) is 0 Å². The number of rotatable bonds is 4. The van der Waals surface area contributed by atoms with Crippen LogP contribution in [0.1, 0.15) is 12.0 Å². The molecule has 0 aliphatic heterocycles. The number of nitrogens with two attached hydrogens (primary N) is 1. The first kappa shape index (κ1) is 10.7. The molecular weight excluding hydrogens is 202 g/mol. The number of halogens is 1. The number of Topliss-reactive ketones (excluding diaryl/α,β-unsaturated/α-hetero) is 1. The van der Waals surface area contributed by atoms with Gasteiger partial charge in [-0.15, -0.1) is 0 Å². The number of ketones is 1. The van der Waals surface area contributed by atoms with E-state index in [-0.39, 0.29) is 18.6 Å². The molecule has 0 aromatic heterocycles. The third kappa shape index (κ3) is 3.18. The molecule has 2 N–H and O–H groups in total. The van der Waals surface area contributed by atoms with Crippen LogP contribution in [-0.2, 0) is 16.0 Å². The summed E-state index contributed by atoms with van der Waals surface area (Å²) in [7, 11) is 0. The molecule has 0 fully saturated rings. The Morgan fingerprint density at radius 2 is 1.93 bits per heavy atom. The largest absolute Gasteiger partial charge is 0.369 e. The van der Waals surface area contributed by atoms with E-state index in [0.717, 1.165) is 5.56 Å². The van der Waals surface area contributed by atoms with Crippen molar-refractivity contribution in [2.75, 3.05) is 0 Å². The van der Waals surface area contributed by atoms with Crippen molar-refractivity contribution in [2.24, 2.45) is 5.73 Å². The molecule has 0 aliphatic rings. The zero-order valence-corrected chi connectivity index (χ0v) is 8.25. The van der Waals surface area contributed by atoms with Gasteiger partial charge in [0.2, 0.25) is 5.91 Å². The van der Waals surface area contributed by atoms with E-state index in [9.17, 15) is 9.59 Å². The van der Waals surface area contributed by atoms with Gasteiger partial charge in [0.25, 0.3) is 0 Å². The lowest BCUT2D eigenvalue weighted by Crippen LogP contribution is -2.17. The molecule has 0 saturated heterocycles. The van der Waals surface area contributed by atoms with E-state index >= 15 is 0 Å². The Balaban J connectivity index is 2.65. The quantitative estimate of drug-likeness (QED) is 0.764. The third-order valence-corrected chi connectivity index (χ3v) is 2.09. The third-order valence-electron chi connectivity index (χ3n) is 1.72. The topological polar surface area (TPSA) is 60.2 Å². The number of hydrogen-bond donors (Lipinski definition) is 1. The van der Waals surface area contributed by atoms with Gasteiger partial charge in [-0.25, -0.2) is 0 Å². The zero-order chi connectivity index (χ0) is 10.6. The van der Waals surface area contributed by atoms with Crippen LogP contribution in [0.5, 0.6) is 0 Å². The Hall–Kier alpha value is -1.35. The maximum Gasteiger partial charge on any atom is 0.224 e. The van der Waals surface area contributed by atoms with Crippen LogP contribution < -0.4 is 5.73 Å². The lowest BCUT2D eigenvalue weighted by Gasteiger charge is -2.01. The Morgan fingerprint density at radius 3 is 2.50 bits per heavy atom. The summed E-state index contributed by atoms with van der Waals surface area (Å²) in [6.45, 7) is 0. The van der Waals surface area contributed by atoms with Gasteiger partial charge >= 0.3 is 0 Å². The number of hydrogen-bond acceptors (Lipinski definition) is 2. The van der Waals surface area contributed by atoms with Crippen LogP contribution in [0.4, 0.5) is 0 Å². The highest BCUT2D eigenvalue weighted by atomic mass is 35.5. The highest BCUT2D eigenvalue weighted by molar-refractivity contribution is 6.31. The van der Waals surface area contributed by atoms with Crippen molar-refractivity contribution in [3.05, 3.63) is 34.9 Å². The minimum Gasteiger partial charge on any atom is -0.369 e. The van der Waals surface area contributed by atoms with Crippen molar-refractivity contribution in [1.29, 1.82) is 0 Å². The first-order valence-corrected chi connectivity index (χ1v) is 4.51. The number of amides is 1. The van der Waals surface area contributed by atoms with E-state index in [1.807, 2.05) is 0 Å². The van der Waals surface area contributed by atoms with Gasteiger partial charge in [0.15, 0.2) is 0 Å². The van der Waals surface area contributed by atoms with Crippen LogP contribution in [0, 0.1) is 0 Å². The van der Waals surface area contributed by atoms with Gasteiger partial charge < -0.3 is 5.73 Å². The maximum absolute atomic E-state index is 11.2. The highest BCUT2D eigenvalue weighted by Crippen LogP contribution is 2.15. The summed E-state index contributed by atoms with van der Waals surface area (Å²) < 4.78 is 0. The van der Waals surface area contributed by atoms with Crippen molar-refractivity contribution in [2.45, 2.75) is 12.8 Å². The van der Waals surface area contributed by atoms with Crippen LogP contribution in [0.3, 0.4) is 0 Å². The van der Waals surface area contributed by atoms with Crippen LogP contribution in [0.25, 0.3) is 0 Å². The number of carbonyl (C=O) groups is 2. The molecule has 0 atom stereocenters. The predicted molar refractivity (Wildman–Crippen MR) is 54.0 cm³/mol. The molecule has 74 valence electrons. The van der Waals surface area contributed by atoms with Crippen LogP contribution >= 0.6 is 11.6 Å². The Bertz CT molecular complexity index is 363. The molecule has 1 aromatic rings. The van der Waals surface area contributed by atoms with Crippen molar-refractivity contribution in [3.63, 3.8) is 0 Å². The molecule has 14 heavy (non-hydrogen) atoms. The van der Waals surface area contributed by atoms with Gasteiger partial charge in [-0.3, -0.25) is 9.59 Å². The second kappa shape index (κ2) is 4.77. The van der Waals surface area contributed by atoms with E-state index in [1.165, 1.54) is 0 Å². The van der Waals surface area contributed by atoms with Crippen LogP contribution in [-0.4, -0.2) is 11.7 Å². The average molecular weight is 212 g/mol. The van der Waals surface area contributed by atoms with Crippen LogP contribution in [0.2, 0.25) is 5.02 Å². The van der Waals surface area contributed by atoms with E-state index < -0.39 is 5.91 Å². The molecule has 0 radical (unpaired) electrons. The molecular formula is C10H10ClNO2. The van der Waals surface area contributed by atoms with Crippen LogP contribution in [0.15, 0.2) is 24.3 Å². The molecule has 1 amide bonds. The van der Waals surface area contributed by atoms with E-state index in [1.54, 1.807) is 24.3 Å².